The minimum Gasteiger partial charge on any atom is -0.330 e. The average Bonchev–Trinajstić information content (AvgIpc) is 3.25. The summed E-state index contributed by atoms with van der Waals surface area (Å²) in [7, 11) is -2.11. The minimum atomic E-state index is -2.11. The first-order valence-corrected chi connectivity index (χ1v) is 11.9. The molecule has 0 spiro atoms. The Morgan fingerprint density at radius 2 is 1.81 bits per heavy atom. The molecule has 6 nitrogen and oxygen atoms in total. The third kappa shape index (κ3) is 3.57. The zero-order valence-corrected chi connectivity index (χ0v) is 17.5. The van der Waals surface area contributed by atoms with Gasteiger partial charge in [0.05, 0.1) is 16.6 Å². The molecule has 0 aliphatic carbocycles. The van der Waals surface area contributed by atoms with E-state index in [2.05, 4.69) is 16.1 Å². The van der Waals surface area contributed by atoms with E-state index in [1.54, 1.807) is 29.2 Å². The van der Waals surface area contributed by atoms with E-state index < -0.39 is 15.3 Å². The molecule has 0 saturated heterocycles. The molecule has 0 atom stereocenters. The van der Waals surface area contributed by atoms with Crippen molar-refractivity contribution in [2.75, 3.05) is 24.6 Å². The molecular weight excluding hydrogens is 417 g/mol. The van der Waals surface area contributed by atoms with Gasteiger partial charge in [-0.1, -0.05) is 24.3 Å². The van der Waals surface area contributed by atoms with Crippen LogP contribution in [0, 0.1) is 5.82 Å². The first-order chi connectivity index (χ1) is 14.8. The Morgan fingerprint density at radius 1 is 1.13 bits per heavy atom. The number of amides is 1. The zero-order valence-electron chi connectivity index (χ0n) is 16.7. The molecular formula is C23H20FN3O3S. The van der Waals surface area contributed by atoms with Crippen molar-refractivity contribution < 1.29 is 13.4 Å². The normalized spacial score (nSPS) is 17.4. The Kier molecular flexibility index (Phi) is 4.55. The molecule has 1 amide bonds. The summed E-state index contributed by atoms with van der Waals surface area (Å²) >= 11 is 0. The summed E-state index contributed by atoms with van der Waals surface area (Å²) in [6.45, 7) is 0.743. The molecule has 1 N–H and O–H groups in total. The number of benzene rings is 2. The highest BCUT2D eigenvalue weighted by molar-refractivity contribution is 8.00. The molecule has 0 radical (unpaired) electrons. The summed E-state index contributed by atoms with van der Waals surface area (Å²) in [5, 5.41) is 7.91. The number of hydrogen-bond acceptors (Lipinski definition) is 4. The van der Waals surface area contributed by atoms with Crippen LogP contribution in [0.25, 0.3) is 10.8 Å². The average molecular weight is 437 g/mol. The predicted octanol–water partition coefficient (Wildman–Crippen LogP) is 2.14. The smallest absolute Gasteiger partial charge is 0.272 e. The van der Waals surface area contributed by atoms with E-state index in [1.807, 2.05) is 12.1 Å². The van der Waals surface area contributed by atoms with Gasteiger partial charge in [-0.2, -0.15) is 5.10 Å². The van der Waals surface area contributed by atoms with Gasteiger partial charge in [0.15, 0.2) is 0 Å². The maximum Gasteiger partial charge on any atom is 0.272 e. The molecule has 3 heterocycles. The van der Waals surface area contributed by atoms with Crippen molar-refractivity contribution in [2.24, 2.45) is 0 Å². The van der Waals surface area contributed by atoms with Crippen LogP contribution in [0.1, 0.15) is 21.6 Å². The zero-order chi connectivity index (χ0) is 21.8. The molecule has 8 heteroatoms. The van der Waals surface area contributed by atoms with Gasteiger partial charge in [-0.25, -0.2) is 9.49 Å². The van der Waals surface area contributed by atoms with Crippen LogP contribution in [0.2, 0.25) is 0 Å². The van der Waals surface area contributed by atoms with E-state index in [9.17, 15) is 18.2 Å². The Labute approximate surface area is 178 Å². The number of hydrogen-bond donors (Lipinski definition) is 1. The van der Waals surface area contributed by atoms with Gasteiger partial charge < -0.3 is 4.90 Å². The molecule has 3 aromatic rings. The van der Waals surface area contributed by atoms with Gasteiger partial charge in [-0.15, -0.1) is 0 Å². The lowest BCUT2D eigenvalue weighted by molar-refractivity contribution is 0.0791. The van der Waals surface area contributed by atoms with Gasteiger partial charge in [0.2, 0.25) is 0 Å². The molecule has 2 aliphatic rings. The van der Waals surface area contributed by atoms with E-state index in [0.717, 1.165) is 22.1 Å². The second-order valence-corrected chi connectivity index (χ2v) is 10.7. The van der Waals surface area contributed by atoms with Crippen molar-refractivity contribution in [3.63, 3.8) is 0 Å². The monoisotopic (exact) mass is 437 g/mol. The highest BCUT2D eigenvalue weighted by Crippen LogP contribution is 2.29. The molecule has 158 valence electrons. The summed E-state index contributed by atoms with van der Waals surface area (Å²) in [5.74, 6) is 3.63. The van der Waals surface area contributed by atoms with Crippen molar-refractivity contribution in [2.45, 2.75) is 6.42 Å². The molecule has 2 aromatic carbocycles. The number of carbonyl (C=O) groups is 1. The van der Waals surface area contributed by atoms with Crippen molar-refractivity contribution in [3.8, 4) is 0 Å². The Morgan fingerprint density at radius 3 is 2.52 bits per heavy atom. The SMILES string of the molecule is C=S1(=O)CC2=C(CN(C(=O)c3cc(Cc4n[nH]c(=O)c5ccccc45)ccc3F)C2)C1. The maximum absolute atomic E-state index is 14.6. The second kappa shape index (κ2) is 7.16. The molecule has 1 aromatic heterocycles. The van der Waals surface area contributed by atoms with Crippen molar-refractivity contribution >= 4 is 32.1 Å². The number of H-pyrrole nitrogens is 1. The quantitative estimate of drug-likeness (QED) is 0.503. The fourth-order valence-corrected chi connectivity index (χ4v) is 6.34. The number of nitrogens with one attached hydrogen (secondary N) is 1. The Balaban J connectivity index is 1.41. The van der Waals surface area contributed by atoms with Crippen molar-refractivity contribution in [1.29, 1.82) is 0 Å². The van der Waals surface area contributed by atoms with Crippen LogP contribution in [-0.2, 0) is 15.9 Å². The number of carbonyl (C=O) groups excluding carboxylic acids is 1. The van der Waals surface area contributed by atoms with Gasteiger partial charge in [-0.05, 0) is 50.3 Å². The van der Waals surface area contributed by atoms with Gasteiger partial charge in [-0.3, -0.25) is 13.8 Å². The fourth-order valence-electron chi connectivity index (χ4n) is 4.38. The van der Waals surface area contributed by atoms with Crippen LogP contribution in [0.5, 0.6) is 0 Å². The van der Waals surface area contributed by atoms with Crippen molar-refractivity contribution in [1.82, 2.24) is 15.1 Å². The van der Waals surface area contributed by atoms with Gasteiger partial charge >= 0.3 is 0 Å². The van der Waals surface area contributed by atoms with Gasteiger partial charge in [0.1, 0.15) is 5.82 Å². The van der Waals surface area contributed by atoms with Crippen LogP contribution in [0.4, 0.5) is 4.39 Å². The number of fused-ring (bicyclic) bond motifs is 1. The van der Waals surface area contributed by atoms with E-state index in [1.165, 1.54) is 6.07 Å². The maximum atomic E-state index is 14.6. The fraction of sp³-hybridized carbons (Fsp3) is 0.217. The molecule has 5 rings (SSSR count). The van der Waals surface area contributed by atoms with Crippen LogP contribution in [0.3, 0.4) is 0 Å². The first kappa shape index (κ1) is 19.7. The standard InChI is InChI=1S/C23H20FN3O3S/c1-31(30)12-15-10-27(11-16(15)13-31)23(29)19-8-14(6-7-20(19)24)9-21-17-4-2-3-5-18(17)22(28)26-25-21/h2-8H,1,9-13H2,(H,26,28). The number of halogens is 1. The summed E-state index contributed by atoms with van der Waals surface area (Å²) in [6, 6.07) is 11.6. The highest BCUT2D eigenvalue weighted by atomic mass is 32.2. The Hall–Kier alpha value is -3.26. The third-order valence-electron chi connectivity index (χ3n) is 5.83. The van der Waals surface area contributed by atoms with Crippen LogP contribution >= 0.6 is 0 Å². The number of rotatable bonds is 3. The molecule has 31 heavy (non-hydrogen) atoms. The largest absolute Gasteiger partial charge is 0.330 e. The lowest BCUT2D eigenvalue weighted by Crippen LogP contribution is -2.32. The molecule has 2 aliphatic heterocycles. The molecule has 0 bridgehead atoms. The molecule has 0 unspecified atom stereocenters. The van der Waals surface area contributed by atoms with Crippen molar-refractivity contribution in [3.05, 3.63) is 86.6 Å². The van der Waals surface area contributed by atoms with E-state index in [4.69, 9.17) is 0 Å². The minimum absolute atomic E-state index is 0.00256. The number of aromatic nitrogens is 2. The predicted molar refractivity (Wildman–Crippen MR) is 119 cm³/mol. The van der Waals surface area contributed by atoms with Crippen LogP contribution < -0.4 is 5.56 Å². The third-order valence-corrected chi connectivity index (χ3v) is 7.58. The molecule has 0 saturated carbocycles. The summed E-state index contributed by atoms with van der Waals surface area (Å²) in [4.78, 5) is 26.6. The number of aromatic amines is 1. The van der Waals surface area contributed by atoms with E-state index in [0.29, 0.717) is 42.1 Å². The lowest BCUT2D eigenvalue weighted by atomic mass is 10.0. The summed E-state index contributed by atoms with van der Waals surface area (Å²) in [6.07, 6.45) is 0.343. The topological polar surface area (TPSA) is 83.1 Å². The first-order valence-electron chi connectivity index (χ1n) is 9.87. The van der Waals surface area contributed by atoms with Crippen LogP contribution in [0.15, 0.2) is 58.4 Å². The highest BCUT2D eigenvalue weighted by Gasteiger charge is 2.34. The van der Waals surface area contributed by atoms with Gasteiger partial charge in [0, 0.05) is 36.4 Å². The lowest BCUT2D eigenvalue weighted by Gasteiger charge is -2.19. The van der Waals surface area contributed by atoms with Crippen LogP contribution in [-0.4, -0.2) is 55.7 Å². The molecule has 0 fully saturated rings. The Bertz CT molecular complexity index is 1420. The van der Waals surface area contributed by atoms with E-state index >= 15 is 0 Å². The van der Waals surface area contributed by atoms with E-state index in [-0.39, 0.29) is 17.0 Å². The van der Waals surface area contributed by atoms with Gasteiger partial charge in [0.25, 0.3) is 11.5 Å². The number of nitrogens with zero attached hydrogens (tertiary/aromatic N) is 2. The summed E-state index contributed by atoms with van der Waals surface area (Å²) < 4.78 is 26.7. The second-order valence-electron chi connectivity index (χ2n) is 8.16. The summed E-state index contributed by atoms with van der Waals surface area (Å²) in [5.41, 5.74) is 3.09.